The number of rotatable bonds is 5. The Labute approximate surface area is 139 Å². The number of fused-ring (bicyclic) bond motifs is 1. The lowest BCUT2D eigenvalue weighted by Gasteiger charge is -2.11. The first-order valence-electron chi connectivity index (χ1n) is 7.79. The topological polar surface area (TPSA) is 78.3 Å². The van der Waals surface area contributed by atoms with Crippen LogP contribution in [-0.4, -0.2) is 34.1 Å². The van der Waals surface area contributed by atoms with Gasteiger partial charge in [-0.3, -0.25) is 9.67 Å². The molecule has 6 nitrogen and oxygen atoms in total. The molecule has 0 aliphatic carbocycles. The molecule has 0 amide bonds. The van der Waals surface area contributed by atoms with Crippen LogP contribution in [0, 0.1) is 0 Å². The number of allylic oxidation sites excluding steroid dienone is 1. The lowest BCUT2D eigenvalue weighted by atomic mass is 10.0. The fourth-order valence-corrected chi connectivity index (χ4v) is 2.75. The Morgan fingerprint density at radius 3 is 3.00 bits per heavy atom. The summed E-state index contributed by atoms with van der Waals surface area (Å²) in [7, 11) is 0. The first-order valence-corrected chi connectivity index (χ1v) is 7.79. The lowest BCUT2D eigenvalue weighted by Crippen LogP contribution is -2.09. The number of pyridine rings is 1. The van der Waals surface area contributed by atoms with E-state index in [0.717, 1.165) is 22.2 Å². The zero-order valence-corrected chi connectivity index (χ0v) is 13.1. The first kappa shape index (κ1) is 14.4. The smallest absolute Gasteiger partial charge is 0.132 e. The number of nitrogens with two attached hydrogens (primary N) is 1. The molecule has 2 N–H and O–H groups in total. The van der Waals surface area contributed by atoms with Gasteiger partial charge in [-0.15, -0.1) is 0 Å². The van der Waals surface area contributed by atoms with Crippen molar-refractivity contribution in [2.45, 2.75) is 6.54 Å². The summed E-state index contributed by atoms with van der Waals surface area (Å²) in [4.78, 5) is 8.66. The Kier molecular flexibility index (Phi) is 3.70. The molecule has 1 aliphatic rings. The molecular weight excluding hydrogens is 302 g/mol. The molecule has 4 rings (SSSR count). The summed E-state index contributed by atoms with van der Waals surface area (Å²) in [6.45, 7) is 1.90. The van der Waals surface area contributed by atoms with Crippen LogP contribution in [0.2, 0.25) is 0 Å². The second kappa shape index (κ2) is 6.16. The Hall–Kier alpha value is -3.15. The van der Waals surface area contributed by atoms with Crippen LogP contribution in [0.15, 0.2) is 53.8 Å². The number of hydrogen-bond acceptors (Lipinski definition) is 5. The monoisotopic (exact) mass is 319 g/mol. The maximum Gasteiger partial charge on any atom is 0.132 e. The van der Waals surface area contributed by atoms with Gasteiger partial charge in [0.1, 0.15) is 18.2 Å². The van der Waals surface area contributed by atoms with Gasteiger partial charge in [-0.2, -0.15) is 5.10 Å². The number of benzene rings is 1. The fourth-order valence-electron chi connectivity index (χ4n) is 2.75. The SMILES string of the molecule is Nc1cc(OCCn2cccn2)c2ccc(C3=CC=NC3)cc2n1. The molecule has 6 heteroatoms. The molecule has 3 aromatic rings. The van der Waals surface area contributed by atoms with Crippen LogP contribution in [0.3, 0.4) is 0 Å². The highest BCUT2D eigenvalue weighted by atomic mass is 16.5. The van der Waals surface area contributed by atoms with Gasteiger partial charge in [0.15, 0.2) is 0 Å². The van der Waals surface area contributed by atoms with Gasteiger partial charge in [0, 0.05) is 30.1 Å². The van der Waals surface area contributed by atoms with E-state index in [4.69, 9.17) is 10.5 Å². The van der Waals surface area contributed by atoms with Gasteiger partial charge in [0.05, 0.1) is 18.6 Å². The Morgan fingerprint density at radius 1 is 1.25 bits per heavy atom. The number of ether oxygens (including phenoxy) is 1. The molecule has 120 valence electrons. The van der Waals surface area contributed by atoms with Crippen LogP contribution in [0.25, 0.3) is 16.5 Å². The number of nitrogens with zero attached hydrogens (tertiary/aromatic N) is 4. The van der Waals surface area contributed by atoms with Crippen molar-refractivity contribution < 1.29 is 4.74 Å². The zero-order chi connectivity index (χ0) is 16.4. The number of anilines is 1. The normalized spacial score (nSPS) is 13.4. The average molecular weight is 319 g/mol. The largest absolute Gasteiger partial charge is 0.491 e. The third kappa shape index (κ3) is 2.86. The van der Waals surface area contributed by atoms with E-state index in [2.05, 4.69) is 21.1 Å². The highest BCUT2D eigenvalue weighted by molar-refractivity contribution is 5.94. The predicted octanol–water partition coefficient (Wildman–Crippen LogP) is 2.56. The minimum Gasteiger partial charge on any atom is -0.491 e. The van der Waals surface area contributed by atoms with Crippen molar-refractivity contribution in [2.24, 2.45) is 4.99 Å². The van der Waals surface area contributed by atoms with E-state index < -0.39 is 0 Å². The summed E-state index contributed by atoms with van der Waals surface area (Å²) in [5.41, 5.74) is 9.07. The summed E-state index contributed by atoms with van der Waals surface area (Å²) in [6, 6.07) is 9.79. The minimum absolute atomic E-state index is 0.449. The molecule has 0 bridgehead atoms. The highest BCUT2D eigenvalue weighted by Crippen LogP contribution is 2.29. The molecule has 3 heterocycles. The van der Waals surface area contributed by atoms with Crippen molar-refractivity contribution in [1.82, 2.24) is 14.8 Å². The van der Waals surface area contributed by atoms with E-state index in [0.29, 0.717) is 25.5 Å². The summed E-state index contributed by atoms with van der Waals surface area (Å²) >= 11 is 0. The molecule has 2 aromatic heterocycles. The van der Waals surface area contributed by atoms with Crippen LogP contribution in [0.5, 0.6) is 5.75 Å². The van der Waals surface area contributed by atoms with E-state index >= 15 is 0 Å². The predicted molar refractivity (Wildman–Crippen MR) is 95.2 cm³/mol. The van der Waals surface area contributed by atoms with Crippen molar-refractivity contribution in [3.8, 4) is 5.75 Å². The number of hydrogen-bond donors (Lipinski definition) is 1. The molecule has 0 unspecified atom stereocenters. The highest BCUT2D eigenvalue weighted by Gasteiger charge is 2.10. The van der Waals surface area contributed by atoms with Gasteiger partial charge in [-0.1, -0.05) is 6.07 Å². The van der Waals surface area contributed by atoms with E-state index in [-0.39, 0.29) is 0 Å². The molecular formula is C18H17N5O. The molecule has 0 fully saturated rings. The van der Waals surface area contributed by atoms with E-state index in [1.165, 1.54) is 5.57 Å². The maximum atomic E-state index is 5.95. The molecule has 24 heavy (non-hydrogen) atoms. The second-order valence-corrected chi connectivity index (χ2v) is 5.58. The van der Waals surface area contributed by atoms with Crippen molar-refractivity contribution in [1.29, 1.82) is 0 Å². The van der Waals surface area contributed by atoms with Gasteiger partial charge in [-0.05, 0) is 35.4 Å². The first-order chi connectivity index (χ1) is 11.8. The maximum absolute atomic E-state index is 5.95. The minimum atomic E-state index is 0.449. The van der Waals surface area contributed by atoms with Crippen LogP contribution in [0.1, 0.15) is 5.56 Å². The number of nitrogen functional groups attached to an aromatic ring is 1. The summed E-state index contributed by atoms with van der Waals surface area (Å²) in [6.07, 6.45) is 7.51. The summed E-state index contributed by atoms with van der Waals surface area (Å²) in [5.74, 6) is 1.19. The third-order valence-corrected chi connectivity index (χ3v) is 3.94. The summed E-state index contributed by atoms with van der Waals surface area (Å²) < 4.78 is 7.75. The Balaban J connectivity index is 1.60. The van der Waals surface area contributed by atoms with Gasteiger partial charge in [0.2, 0.25) is 0 Å². The summed E-state index contributed by atoms with van der Waals surface area (Å²) in [5, 5.41) is 5.12. The van der Waals surface area contributed by atoms with Gasteiger partial charge in [0.25, 0.3) is 0 Å². The van der Waals surface area contributed by atoms with E-state index in [9.17, 15) is 0 Å². The van der Waals surface area contributed by atoms with Crippen LogP contribution in [-0.2, 0) is 6.54 Å². The molecule has 0 radical (unpaired) electrons. The van der Waals surface area contributed by atoms with Crippen molar-refractivity contribution >= 4 is 28.5 Å². The van der Waals surface area contributed by atoms with Crippen LogP contribution < -0.4 is 10.5 Å². The lowest BCUT2D eigenvalue weighted by molar-refractivity contribution is 0.294. The van der Waals surface area contributed by atoms with E-state index in [1.54, 1.807) is 12.3 Å². The Morgan fingerprint density at radius 2 is 2.21 bits per heavy atom. The van der Waals surface area contributed by atoms with Crippen molar-refractivity contribution in [3.05, 3.63) is 54.4 Å². The standard InChI is InChI=1S/C18H17N5O/c19-18-11-17(24-9-8-23-7-1-5-21-23)15-3-2-13(10-16(15)22-18)14-4-6-20-12-14/h1-7,10-11H,8-9,12H2,(H2,19,22). The van der Waals surface area contributed by atoms with Crippen LogP contribution >= 0.6 is 0 Å². The van der Waals surface area contributed by atoms with Crippen LogP contribution in [0.4, 0.5) is 5.82 Å². The van der Waals surface area contributed by atoms with E-state index in [1.807, 2.05) is 41.4 Å². The van der Waals surface area contributed by atoms with Gasteiger partial charge < -0.3 is 10.5 Å². The number of aromatic nitrogens is 3. The van der Waals surface area contributed by atoms with Crippen molar-refractivity contribution in [2.75, 3.05) is 18.9 Å². The second-order valence-electron chi connectivity index (χ2n) is 5.58. The van der Waals surface area contributed by atoms with Gasteiger partial charge >= 0.3 is 0 Å². The molecule has 1 aliphatic heterocycles. The average Bonchev–Trinajstić information content (AvgIpc) is 3.28. The van der Waals surface area contributed by atoms with Gasteiger partial charge in [-0.25, -0.2) is 4.98 Å². The molecule has 0 spiro atoms. The quantitative estimate of drug-likeness (QED) is 0.784. The Bertz CT molecular complexity index is 928. The molecule has 0 saturated heterocycles. The zero-order valence-electron chi connectivity index (χ0n) is 13.1. The fraction of sp³-hybridized carbons (Fsp3) is 0.167. The molecule has 0 saturated carbocycles. The third-order valence-electron chi connectivity index (χ3n) is 3.94. The van der Waals surface area contributed by atoms with Crippen molar-refractivity contribution in [3.63, 3.8) is 0 Å². The number of aliphatic imine (C=N–C) groups is 1. The molecule has 0 atom stereocenters. The molecule has 1 aromatic carbocycles.